The fourth-order valence-corrected chi connectivity index (χ4v) is 1.37. The third kappa shape index (κ3) is 3.06. The van der Waals surface area contributed by atoms with E-state index in [1.54, 1.807) is 12.4 Å². The average molecular weight is 224 g/mol. The summed E-state index contributed by atoms with van der Waals surface area (Å²) in [6.07, 6.45) is 4.23. The van der Waals surface area contributed by atoms with Gasteiger partial charge in [-0.15, -0.1) is 0 Å². The van der Waals surface area contributed by atoms with Crippen molar-refractivity contribution >= 4 is 5.91 Å². The molecule has 1 aromatic heterocycles. The van der Waals surface area contributed by atoms with Crippen molar-refractivity contribution in [3.63, 3.8) is 0 Å². The van der Waals surface area contributed by atoms with Gasteiger partial charge in [-0.05, 0) is 13.3 Å². The normalized spacial score (nSPS) is 16.5. The summed E-state index contributed by atoms with van der Waals surface area (Å²) >= 11 is 0. The summed E-state index contributed by atoms with van der Waals surface area (Å²) in [5.41, 5.74) is 5.69. The predicted molar refractivity (Wildman–Crippen MR) is 62.6 cm³/mol. The van der Waals surface area contributed by atoms with Crippen molar-refractivity contribution in [2.24, 2.45) is 11.7 Å². The van der Waals surface area contributed by atoms with Gasteiger partial charge in [-0.1, -0.05) is 13.8 Å². The summed E-state index contributed by atoms with van der Waals surface area (Å²) in [6, 6.07) is -0.210. The smallest absolute Gasteiger partial charge is 0.224 e. The van der Waals surface area contributed by atoms with E-state index in [9.17, 15) is 4.79 Å². The highest BCUT2D eigenvalue weighted by atomic mass is 16.2. The van der Waals surface area contributed by atoms with Gasteiger partial charge >= 0.3 is 0 Å². The van der Waals surface area contributed by atoms with Gasteiger partial charge in [-0.2, -0.15) is 0 Å². The van der Waals surface area contributed by atoms with Crippen LogP contribution in [0.3, 0.4) is 0 Å². The summed E-state index contributed by atoms with van der Waals surface area (Å²) in [7, 11) is 0. The molecule has 4 N–H and O–H groups in total. The first kappa shape index (κ1) is 12.7. The molecule has 3 unspecified atom stereocenters. The quantitative estimate of drug-likeness (QED) is 0.696. The van der Waals surface area contributed by atoms with Crippen molar-refractivity contribution in [1.82, 2.24) is 15.3 Å². The Bertz CT molecular complexity index is 321. The second kappa shape index (κ2) is 5.65. The Labute approximate surface area is 95.8 Å². The Morgan fingerprint density at radius 1 is 1.62 bits per heavy atom. The molecule has 1 rings (SSSR count). The van der Waals surface area contributed by atoms with Crippen LogP contribution in [0.2, 0.25) is 0 Å². The number of aromatic nitrogens is 2. The zero-order chi connectivity index (χ0) is 12.1. The van der Waals surface area contributed by atoms with E-state index in [-0.39, 0.29) is 23.9 Å². The first-order valence-corrected chi connectivity index (χ1v) is 5.61. The number of imidazole rings is 1. The van der Waals surface area contributed by atoms with E-state index in [2.05, 4.69) is 15.3 Å². The number of hydrogen-bond acceptors (Lipinski definition) is 3. The van der Waals surface area contributed by atoms with Crippen molar-refractivity contribution in [3.8, 4) is 0 Å². The topological polar surface area (TPSA) is 83.8 Å². The van der Waals surface area contributed by atoms with Crippen LogP contribution < -0.4 is 11.1 Å². The van der Waals surface area contributed by atoms with Crippen molar-refractivity contribution in [2.45, 2.75) is 39.3 Å². The molecule has 5 nitrogen and oxygen atoms in total. The Morgan fingerprint density at radius 2 is 2.31 bits per heavy atom. The maximum atomic E-state index is 11.8. The SMILES string of the molecule is CCC(NC(=O)C(C)C(C)N)c1ncc[nH]1. The Morgan fingerprint density at radius 3 is 2.75 bits per heavy atom. The van der Waals surface area contributed by atoms with Crippen molar-refractivity contribution in [2.75, 3.05) is 0 Å². The van der Waals surface area contributed by atoms with E-state index >= 15 is 0 Å². The lowest BCUT2D eigenvalue weighted by Crippen LogP contribution is -2.40. The van der Waals surface area contributed by atoms with E-state index in [0.717, 1.165) is 12.2 Å². The number of hydrogen-bond donors (Lipinski definition) is 3. The second-order valence-corrected chi connectivity index (χ2v) is 4.09. The molecule has 16 heavy (non-hydrogen) atoms. The first-order valence-electron chi connectivity index (χ1n) is 5.61. The summed E-state index contributed by atoms with van der Waals surface area (Å²) < 4.78 is 0. The van der Waals surface area contributed by atoms with Gasteiger partial charge in [-0.3, -0.25) is 4.79 Å². The van der Waals surface area contributed by atoms with Crippen molar-refractivity contribution in [3.05, 3.63) is 18.2 Å². The van der Waals surface area contributed by atoms with Gasteiger partial charge in [0.05, 0.1) is 6.04 Å². The average Bonchev–Trinajstić information content (AvgIpc) is 2.77. The number of H-pyrrole nitrogens is 1. The molecule has 5 heteroatoms. The van der Waals surface area contributed by atoms with Gasteiger partial charge in [0, 0.05) is 24.4 Å². The molecular weight excluding hydrogens is 204 g/mol. The maximum Gasteiger partial charge on any atom is 0.224 e. The third-order valence-electron chi connectivity index (χ3n) is 2.78. The minimum atomic E-state index is -0.191. The zero-order valence-corrected chi connectivity index (χ0v) is 10.0. The summed E-state index contributed by atoms with van der Waals surface area (Å²) in [5.74, 6) is 0.565. The highest BCUT2D eigenvalue weighted by molar-refractivity contribution is 5.79. The number of rotatable bonds is 5. The molecule has 0 aliphatic heterocycles. The van der Waals surface area contributed by atoms with Gasteiger partial charge < -0.3 is 16.0 Å². The van der Waals surface area contributed by atoms with Gasteiger partial charge in [0.2, 0.25) is 5.91 Å². The molecule has 1 aromatic rings. The zero-order valence-electron chi connectivity index (χ0n) is 10.0. The Hall–Kier alpha value is -1.36. The lowest BCUT2D eigenvalue weighted by atomic mass is 10.0. The lowest BCUT2D eigenvalue weighted by Gasteiger charge is -2.20. The van der Waals surface area contributed by atoms with Crippen LogP contribution in [0.5, 0.6) is 0 Å². The molecule has 3 atom stereocenters. The van der Waals surface area contributed by atoms with Gasteiger partial charge in [0.15, 0.2) is 0 Å². The van der Waals surface area contributed by atoms with Crippen LogP contribution in [0.1, 0.15) is 39.1 Å². The van der Waals surface area contributed by atoms with E-state index in [1.165, 1.54) is 0 Å². The number of nitrogens with two attached hydrogens (primary N) is 1. The second-order valence-electron chi connectivity index (χ2n) is 4.09. The number of nitrogens with zero attached hydrogens (tertiary/aromatic N) is 1. The Kier molecular flexibility index (Phi) is 4.49. The van der Waals surface area contributed by atoms with E-state index in [4.69, 9.17) is 5.73 Å². The standard InChI is InChI=1S/C11H20N4O/c1-4-9(10-13-5-6-14-10)15-11(16)7(2)8(3)12/h5-9H,4,12H2,1-3H3,(H,13,14)(H,15,16). The highest BCUT2D eigenvalue weighted by Crippen LogP contribution is 2.12. The Balaban J connectivity index is 2.61. The van der Waals surface area contributed by atoms with Crippen molar-refractivity contribution in [1.29, 1.82) is 0 Å². The number of amides is 1. The number of carbonyl (C=O) groups is 1. The first-order chi connectivity index (χ1) is 7.56. The van der Waals surface area contributed by atoms with Crippen LogP contribution in [-0.2, 0) is 4.79 Å². The largest absolute Gasteiger partial charge is 0.347 e. The van der Waals surface area contributed by atoms with Gasteiger partial charge in [0.25, 0.3) is 0 Å². The third-order valence-corrected chi connectivity index (χ3v) is 2.78. The monoisotopic (exact) mass is 224 g/mol. The van der Waals surface area contributed by atoms with Gasteiger partial charge in [0.1, 0.15) is 5.82 Å². The molecule has 90 valence electrons. The van der Waals surface area contributed by atoms with E-state index in [0.29, 0.717) is 0 Å². The molecule has 1 heterocycles. The number of aromatic amines is 1. The predicted octanol–water partition coefficient (Wildman–Crippen LogP) is 0.960. The minimum Gasteiger partial charge on any atom is -0.347 e. The maximum absolute atomic E-state index is 11.8. The molecule has 0 radical (unpaired) electrons. The minimum absolute atomic E-state index is 0.0294. The molecule has 0 saturated heterocycles. The van der Waals surface area contributed by atoms with E-state index in [1.807, 2.05) is 20.8 Å². The summed E-state index contributed by atoms with van der Waals surface area (Å²) in [5, 5.41) is 2.94. The number of carbonyl (C=O) groups excluding carboxylic acids is 1. The summed E-state index contributed by atoms with van der Waals surface area (Å²) in [6.45, 7) is 5.66. The van der Waals surface area contributed by atoms with Crippen LogP contribution in [0.25, 0.3) is 0 Å². The molecule has 0 aliphatic rings. The molecule has 0 aliphatic carbocycles. The van der Waals surface area contributed by atoms with Gasteiger partial charge in [-0.25, -0.2) is 4.98 Å². The molecular formula is C11H20N4O. The van der Waals surface area contributed by atoms with Crippen molar-refractivity contribution < 1.29 is 4.79 Å². The molecule has 0 saturated carbocycles. The van der Waals surface area contributed by atoms with Crippen LogP contribution in [-0.4, -0.2) is 21.9 Å². The van der Waals surface area contributed by atoms with Crippen LogP contribution in [0.15, 0.2) is 12.4 Å². The summed E-state index contributed by atoms with van der Waals surface area (Å²) in [4.78, 5) is 19.0. The van der Waals surface area contributed by atoms with Crippen LogP contribution in [0, 0.1) is 5.92 Å². The molecule has 0 bridgehead atoms. The fourth-order valence-electron chi connectivity index (χ4n) is 1.37. The van der Waals surface area contributed by atoms with E-state index < -0.39 is 0 Å². The number of nitrogens with one attached hydrogen (secondary N) is 2. The highest BCUT2D eigenvalue weighted by Gasteiger charge is 2.21. The lowest BCUT2D eigenvalue weighted by molar-refractivity contribution is -0.125. The molecule has 0 spiro atoms. The van der Waals surface area contributed by atoms with Crippen LogP contribution in [0.4, 0.5) is 0 Å². The molecule has 0 aromatic carbocycles. The molecule has 1 amide bonds. The molecule has 0 fully saturated rings. The fraction of sp³-hybridized carbons (Fsp3) is 0.636. The van der Waals surface area contributed by atoms with Crippen LogP contribution >= 0.6 is 0 Å².